The molecule has 1 amide bonds. The third-order valence-electron chi connectivity index (χ3n) is 2.85. The highest BCUT2D eigenvalue weighted by atomic mass is 79.9. The SMILES string of the molecule is CCCCN(CCCl)C(=O)c1cccc(C)c1Br. The maximum atomic E-state index is 12.5. The molecule has 4 heteroatoms. The zero-order valence-corrected chi connectivity index (χ0v) is 13.2. The summed E-state index contributed by atoms with van der Waals surface area (Å²) in [6, 6.07) is 5.75. The normalized spacial score (nSPS) is 10.4. The van der Waals surface area contributed by atoms with Crippen LogP contribution in [0, 0.1) is 6.92 Å². The summed E-state index contributed by atoms with van der Waals surface area (Å²) < 4.78 is 0.881. The molecule has 0 spiro atoms. The Kier molecular flexibility index (Phi) is 6.72. The molecule has 1 rings (SSSR count). The van der Waals surface area contributed by atoms with Crippen molar-refractivity contribution in [3.05, 3.63) is 33.8 Å². The van der Waals surface area contributed by atoms with Gasteiger partial charge >= 0.3 is 0 Å². The summed E-state index contributed by atoms with van der Waals surface area (Å²) in [6.07, 6.45) is 2.08. The molecule has 0 aliphatic heterocycles. The molecule has 0 unspecified atom stereocenters. The predicted molar refractivity (Wildman–Crippen MR) is 80.4 cm³/mol. The first-order valence-corrected chi connectivity index (χ1v) is 7.55. The molecule has 0 atom stereocenters. The van der Waals surface area contributed by atoms with Gasteiger partial charge in [0.05, 0.1) is 5.56 Å². The first-order valence-electron chi connectivity index (χ1n) is 6.22. The van der Waals surface area contributed by atoms with Crippen LogP contribution in [0.2, 0.25) is 0 Å². The largest absolute Gasteiger partial charge is 0.337 e. The number of nitrogens with zero attached hydrogens (tertiary/aromatic N) is 1. The van der Waals surface area contributed by atoms with Crippen LogP contribution in [0.3, 0.4) is 0 Å². The van der Waals surface area contributed by atoms with Crippen molar-refractivity contribution in [1.29, 1.82) is 0 Å². The van der Waals surface area contributed by atoms with Gasteiger partial charge in [0.15, 0.2) is 0 Å². The van der Waals surface area contributed by atoms with Gasteiger partial charge in [-0.1, -0.05) is 25.5 Å². The average Bonchev–Trinajstić information content (AvgIpc) is 2.37. The highest BCUT2D eigenvalue weighted by molar-refractivity contribution is 9.10. The van der Waals surface area contributed by atoms with Crippen LogP contribution in [-0.4, -0.2) is 29.8 Å². The van der Waals surface area contributed by atoms with E-state index in [4.69, 9.17) is 11.6 Å². The van der Waals surface area contributed by atoms with E-state index in [-0.39, 0.29) is 5.91 Å². The molecule has 2 nitrogen and oxygen atoms in total. The topological polar surface area (TPSA) is 20.3 Å². The fourth-order valence-corrected chi connectivity index (χ4v) is 2.39. The number of unbranched alkanes of at least 4 members (excludes halogenated alkanes) is 1. The smallest absolute Gasteiger partial charge is 0.255 e. The van der Waals surface area contributed by atoms with Crippen LogP contribution in [0.4, 0.5) is 0 Å². The van der Waals surface area contributed by atoms with Gasteiger partial charge in [0.2, 0.25) is 0 Å². The molecule has 100 valence electrons. The van der Waals surface area contributed by atoms with Gasteiger partial charge in [-0.15, -0.1) is 11.6 Å². The zero-order valence-electron chi connectivity index (χ0n) is 10.9. The molecule has 0 saturated heterocycles. The van der Waals surface area contributed by atoms with Crippen LogP contribution in [0.5, 0.6) is 0 Å². The second-order valence-corrected chi connectivity index (χ2v) is 5.44. The number of carbonyl (C=O) groups is 1. The van der Waals surface area contributed by atoms with Crippen molar-refractivity contribution in [1.82, 2.24) is 4.90 Å². The van der Waals surface area contributed by atoms with Gasteiger partial charge in [-0.3, -0.25) is 4.79 Å². The lowest BCUT2D eigenvalue weighted by Crippen LogP contribution is -2.34. The summed E-state index contributed by atoms with van der Waals surface area (Å²) >= 11 is 9.26. The predicted octanol–water partition coefficient (Wildman–Crippen LogP) is 4.24. The van der Waals surface area contributed by atoms with Gasteiger partial charge in [0, 0.05) is 23.4 Å². The third kappa shape index (κ3) is 3.99. The van der Waals surface area contributed by atoms with Gasteiger partial charge in [-0.2, -0.15) is 0 Å². The summed E-state index contributed by atoms with van der Waals surface area (Å²) in [5, 5.41) is 0. The van der Waals surface area contributed by atoms with E-state index in [0.29, 0.717) is 12.4 Å². The molecular weight excluding hydrogens is 314 g/mol. The molecular formula is C14H19BrClNO. The van der Waals surface area contributed by atoms with E-state index >= 15 is 0 Å². The fourth-order valence-electron chi connectivity index (χ4n) is 1.75. The van der Waals surface area contributed by atoms with Gasteiger partial charge in [-0.05, 0) is 40.9 Å². The van der Waals surface area contributed by atoms with Crippen molar-refractivity contribution in [2.45, 2.75) is 26.7 Å². The van der Waals surface area contributed by atoms with Crippen molar-refractivity contribution in [2.75, 3.05) is 19.0 Å². The Bertz CT molecular complexity index is 409. The molecule has 18 heavy (non-hydrogen) atoms. The van der Waals surface area contributed by atoms with Crippen LogP contribution < -0.4 is 0 Å². The van der Waals surface area contributed by atoms with Gasteiger partial charge in [0.1, 0.15) is 0 Å². The lowest BCUT2D eigenvalue weighted by atomic mass is 10.1. The second-order valence-electron chi connectivity index (χ2n) is 4.27. The summed E-state index contributed by atoms with van der Waals surface area (Å²) in [4.78, 5) is 14.3. The number of amides is 1. The van der Waals surface area contributed by atoms with Crippen LogP contribution in [0.25, 0.3) is 0 Å². The number of halogens is 2. The highest BCUT2D eigenvalue weighted by Crippen LogP contribution is 2.22. The molecule has 0 N–H and O–H groups in total. The second kappa shape index (κ2) is 7.80. The standard InChI is InChI=1S/C14H19BrClNO/c1-3-4-9-17(10-8-16)14(18)12-7-5-6-11(2)13(12)15/h5-7H,3-4,8-10H2,1-2H3. The lowest BCUT2D eigenvalue weighted by molar-refractivity contribution is 0.0762. The molecule has 0 radical (unpaired) electrons. The number of alkyl halides is 1. The van der Waals surface area contributed by atoms with Gasteiger partial charge in [-0.25, -0.2) is 0 Å². The minimum Gasteiger partial charge on any atom is -0.337 e. The van der Waals surface area contributed by atoms with Crippen LogP contribution in [-0.2, 0) is 0 Å². The number of hydrogen-bond donors (Lipinski definition) is 0. The maximum absolute atomic E-state index is 12.5. The molecule has 0 heterocycles. The monoisotopic (exact) mass is 331 g/mol. The van der Waals surface area contributed by atoms with E-state index in [1.165, 1.54) is 0 Å². The molecule has 1 aromatic carbocycles. The van der Waals surface area contributed by atoms with E-state index in [9.17, 15) is 4.79 Å². The molecule has 0 bridgehead atoms. The maximum Gasteiger partial charge on any atom is 0.255 e. The quantitative estimate of drug-likeness (QED) is 0.714. The number of aryl methyl sites for hydroxylation is 1. The number of benzene rings is 1. The van der Waals surface area contributed by atoms with E-state index in [0.717, 1.165) is 35.0 Å². The summed E-state index contributed by atoms with van der Waals surface area (Å²) in [5.74, 6) is 0.526. The minimum atomic E-state index is 0.0553. The summed E-state index contributed by atoms with van der Waals surface area (Å²) in [6.45, 7) is 5.47. The Morgan fingerprint density at radius 3 is 2.72 bits per heavy atom. The van der Waals surface area contributed by atoms with Gasteiger partial charge in [0.25, 0.3) is 5.91 Å². The first-order chi connectivity index (χ1) is 8.61. The van der Waals surface area contributed by atoms with Crippen molar-refractivity contribution >= 4 is 33.4 Å². The van der Waals surface area contributed by atoms with Crippen LogP contribution in [0.15, 0.2) is 22.7 Å². The Labute approximate surface area is 122 Å². The summed E-state index contributed by atoms with van der Waals surface area (Å²) in [7, 11) is 0. The Balaban J connectivity index is 2.90. The van der Waals surface area contributed by atoms with E-state index < -0.39 is 0 Å². The van der Waals surface area contributed by atoms with E-state index in [1.807, 2.05) is 30.0 Å². The third-order valence-corrected chi connectivity index (χ3v) is 4.07. The van der Waals surface area contributed by atoms with Crippen molar-refractivity contribution < 1.29 is 4.79 Å². The Morgan fingerprint density at radius 2 is 2.11 bits per heavy atom. The van der Waals surface area contributed by atoms with E-state index in [2.05, 4.69) is 22.9 Å². The molecule has 0 fully saturated rings. The molecule has 0 aromatic heterocycles. The van der Waals surface area contributed by atoms with E-state index in [1.54, 1.807) is 0 Å². The minimum absolute atomic E-state index is 0.0553. The zero-order chi connectivity index (χ0) is 13.5. The number of rotatable bonds is 6. The fraction of sp³-hybridized carbons (Fsp3) is 0.500. The Hall–Kier alpha value is -0.540. The van der Waals surface area contributed by atoms with Crippen molar-refractivity contribution in [3.63, 3.8) is 0 Å². The van der Waals surface area contributed by atoms with Crippen LogP contribution in [0.1, 0.15) is 35.7 Å². The van der Waals surface area contributed by atoms with Crippen LogP contribution >= 0.6 is 27.5 Å². The molecule has 0 saturated carbocycles. The highest BCUT2D eigenvalue weighted by Gasteiger charge is 2.17. The summed E-state index contributed by atoms with van der Waals surface area (Å²) in [5.41, 5.74) is 1.79. The van der Waals surface area contributed by atoms with Gasteiger partial charge < -0.3 is 4.90 Å². The average molecular weight is 333 g/mol. The number of hydrogen-bond acceptors (Lipinski definition) is 1. The molecule has 0 aliphatic carbocycles. The number of carbonyl (C=O) groups excluding carboxylic acids is 1. The Morgan fingerprint density at radius 1 is 1.39 bits per heavy atom. The van der Waals surface area contributed by atoms with Crippen molar-refractivity contribution in [3.8, 4) is 0 Å². The first kappa shape index (κ1) is 15.5. The molecule has 0 aliphatic rings. The van der Waals surface area contributed by atoms with Crippen molar-refractivity contribution in [2.24, 2.45) is 0 Å². The lowest BCUT2D eigenvalue weighted by Gasteiger charge is -2.22. The molecule has 1 aromatic rings.